The Morgan fingerprint density at radius 2 is 1.41 bits per heavy atom. The van der Waals surface area contributed by atoms with Crippen LogP contribution in [0.1, 0.15) is 59.3 Å². The second-order valence-electron chi connectivity index (χ2n) is 13.2. The van der Waals surface area contributed by atoms with Crippen LogP contribution in [-0.2, 0) is 4.74 Å². The molecule has 4 fully saturated rings. The smallest absolute Gasteiger partial charge is 0.410 e. The van der Waals surface area contributed by atoms with Gasteiger partial charge in [0.25, 0.3) is 0 Å². The Balaban J connectivity index is 0.000000142. The first-order valence-corrected chi connectivity index (χ1v) is 14.8. The normalized spacial score (nSPS) is 20.8. The molecule has 11 nitrogen and oxygen atoms in total. The molecule has 4 aliphatic rings. The summed E-state index contributed by atoms with van der Waals surface area (Å²) >= 11 is 0. The fraction of sp³-hybridized carbons (Fsp3) is 0.567. The van der Waals surface area contributed by atoms with Gasteiger partial charge in [0.2, 0.25) is 0 Å². The van der Waals surface area contributed by atoms with Crippen molar-refractivity contribution in [1.82, 2.24) is 34.8 Å². The van der Waals surface area contributed by atoms with Gasteiger partial charge in [-0.25, -0.2) is 24.7 Å². The number of H-pyrrole nitrogens is 2. The third-order valence-electron chi connectivity index (χ3n) is 8.98. The molecule has 41 heavy (non-hydrogen) atoms. The standard InChI is InChI=1S/C17H23N5O2.C13H16N4/c1-16(2,3)24-15(23)22-9-8-21(10-17(22)5-6-17)14-12-4-7-18-13(12)19-11-20-14;1-3-13(4-5-13)8-17(7-1)12-10-2-6-14-11(10)15-9-16-12/h4,7,11H,5-6,8-10H2,1-3H3,(H,18,19,20);2,6,9H,1,3-5,7-8H2,(H,14,15,16). The van der Waals surface area contributed by atoms with Gasteiger partial charge in [-0.2, -0.15) is 0 Å². The van der Waals surface area contributed by atoms with E-state index in [1.165, 1.54) is 32.2 Å². The molecule has 1 amide bonds. The quantitative estimate of drug-likeness (QED) is 0.358. The van der Waals surface area contributed by atoms with Gasteiger partial charge in [-0.1, -0.05) is 0 Å². The van der Waals surface area contributed by atoms with Crippen LogP contribution in [0.2, 0.25) is 0 Å². The van der Waals surface area contributed by atoms with Crippen LogP contribution in [0.15, 0.2) is 37.2 Å². The van der Waals surface area contributed by atoms with Gasteiger partial charge in [-0.15, -0.1) is 0 Å². The van der Waals surface area contributed by atoms with Crippen molar-refractivity contribution in [3.8, 4) is 0 Å². The summed E-state index contributed by atoms with van der Waals surface area (Å²) in [7, 11) is 0. The van der Waals surface area contributed by atoms with Crippen LogP contribution in [0.25, 0.3) is 22.1 Å². The summed E-state index contributed by atoms with van der Waals surface area (Å²) < 4.78 is 5.59. The van der Waals surface area contributed by atoms with Crippen molar-refractivity contribution in [2.75, 3.05) is 42.5 Å². The summed E-state index contributed by atoms with van der Waals surface area (Å²) in [5, 5.41) is 2.18. The third kappa shape index (κ3) is 5.06. The topological polar surface area (TPSA) is 119 Å². The van der Waals surface area contributed by atoms with E-state index in [0.717, 1.165) is 66.2 Å². The molecule has 8 rings (SSSR count). The summed E-state index contributed by atoms with van der Waals surface area (Å²) in [6.07, 6.45) is 14.4. The molecule has 0 aromatic carbocycles. The predicted molar refractivity (Wildman–Crippen MR) is 158 cm³/mol. The number of carbonyl (C=O) groups is 1. The molecule has 0 atom stereocenters. The maximum Gasteiger partial charge on any atom is 0.410 e. The van der Waals surface area contributed by atoms with E-state index in [1.54, 1.807) is 12.7 Å². The Labute approximate surface area is 239 Å². The number of hydrogen-bond donors (Lipinski definition) is 2. The number of aromatic nitrogens is 6. The molecule has 11 heteroatoms. The minimum absolute atomic E-state index is 0.103. The van der Waals surface area contributed by atoms with E-state index in [2.05, 4.69) is 45.8 Å². The van der Waals surface area contributed by atoms with Crippen molar-refractivity contribution in [3.05, 3.63) is 37.2 Å². The molecule has 4 aromatic rings. The number of amides is 1. The SMILES string of the molecule is CC(C)(C)OC(=O)N1CCN(c2ncnc3[nH]ccc23)CC12CC2.c1nc(N2CCCC3(CC3)C2)c2cc[nH]c2n1. The van der Waals surface area contributed by atoms with Gasteiger partial charge in [-0.05, 0) is 76.8 Å². The van der Waals surface area contributed by atoms with Crippen molar-refractivity contribution < 1.29 is 9.53 Å². The average molecular weight is 558 g/mol. The van der Waals surface area contributed by atoms with Crippen LogP contribution in [0.3, 0.4) is 0 Å². The number of rotatable bonds is 2. The van der Waals surface area contributed by atoms with Gasteiger partial charge in [-0.3, -0.25) is 4.90 Å². The summed E-state index contributed by atoms with van der Waals surface area (Å²) in [6, 6.07) is 4.09. The summed E-state index contributed by atoms with van der Waals surface area (Å²) in [6.45, 7) is 10.2. The van der Waals surface area contributed by atoms with E-state index in [1.807, 2.05) is 44.1 Å². The molecule has 2 aliphatic carbocycles. The zero-order chi connectivity index (χ0) is 28.2. The van der Waals surface area contributed by atoms with Crippen molar-refractivity contribution in [1.29, 1.82) is 0 Å². The minimum Gasteiger partial charge on any atom is -0.444 e. The Morgan fingerprint density at radius 3 is 1.98 bits per heavy atom. The number of aromatic amines is 2. The molecule has 2 N–H and O–H groups in total. The number of piperidine rings is 1. The maximum absolute atomic E-state index is 12.5. The predicted octanol–water partition coefficient (Wildman–Crippen LogP) is 4.89. The highest BCUT2D eigenvalue weighted by molar-refractivity contribution is 5.88. The minimum atomic E-state index is -0.464. The lowest BCUT2D eigenvalue weighted by molar-refractivity contribution is 0.0106. The van der Waals surface area contributed by atoms with Gasteiger partial charge in [0.05, 0.1) is 16.3 Å². The highest BCUT2D eigenvalue weighted by atomic mass is 16.6. The Kier molecular flexibility index (Phi) is 6.09. The molecule has 0 bridgehead atoms. The van der Waals surface area contributed by atoms with E-state index < -0.39 is 5.60 Å². The van der Waals surface area contributed by atoms with Crippen molar-refractivity contribution in [3.63, 3.8) is 0 Å². The molecule has 2 saturated heterocycles. The van der Waals surface area contributed by atoms with Gasteiger partial charge < -0.3 is 24.5 Å². The number of fused-ring (bicyclic) bond motifs is 2. The van der Waals surface area contributed by atoms with Gasteiger partial charge in [0.15, 0.2) is 0 Å². The van der Waals surface area contributed by atoms with Gasteiger partial charge in [0.1, 0.15) is 41.2 Å². The monoisotopic (exact) mass is 557 g/mol. The van der Waals surface area contributed by atoms with Gasteiger partial charge in [0, 0.05) is 45.1 Å². The average Bonchev–Trinajstić information content (AvgIpc) is 3.73. The van der Waals surface area contributed by atoms with E-state index in [0.29, 0.717) is 12.0 Å². The molecule has 4 aromatic heterocycles. The fourth-order valence-corrected chi connectivity index (χ4v) is 6.53. The lowest BCUT2D eigenvalue weighted by Gasteiger charge is -2.42. The number of anilines is 2. The van der Waals surface area contributed by atoms with E-state index >= 15 is 0 Å². The highest BCUT2D eigenvalue weighted by Gasteiger charge is 2.54. The highest BCUT2D eigenvalue weighted by Crippen LogP contribution is 2.52. The van der Waals surface area contributed by atoms with E-state index in [9.17, 15) is 4.79 Å². The summed E-state index contributed by atoms with van der Waals surface area (Å²) in [4.78, 5) is 43.0. The zero-order valence-corrected chi connectivity index (χ0v) is 24.2. The van der Waals surface area contributed by atoms with Crippen molar-refractivity contribution >= 4 is 39.8 Å². The van der Waals surface area contributed by atoms with Crippen LogP contribution in [-0.4, -0.2) is 84.8 Å². The van der Waals surface area contributed by atoms with Crippen LogP contribution in [0.5, 0.6) is 0 Å². The van der Waals surface area contributed by atoms with Gasteiger partial charge >= 0.3 is 6.09 Å². The first-order chi connectivity index (χ1) is 19.7. The number of carbonyl (C=O) groups excluding carboxylic acids is 1. The van der Waals surface area contributed by atoms with E-state index in [-0.39, 0.29) is 11.6 Å². The van der Waals surface area contributed by atoms with Crippen LogP contribution < -0.4 is 9.80 Å². The molecule has 0 radical (unpaired) electrons. The lowest BCUT2D eigenvalue weighted by Crippen LogP contribution is -2.58. The molecular weight excluding hydrogens is 518 g/mol. The molecule has 6 heterocycles. The molecule has 216 valence electrons. The van der Waals surface area contributed by atoms with Crippen LogP contribution in [0, 0.1) is 5.41 Å². The Hall–Kier alpha value is -3.89. The fourth-order valence-electron chi connectivity index (χ4n) is 6.53. The zero-order valence-electron chi connectivity index (χ0n) is 24.2. The second-order valence-corrected chi connectivity index (χ2v) is 13.2. The number of nitrogens with zero attached hydrogens (tertiary/aromatic N) is 7. The first-order valence-electron chi connectivity index (χ1n) is 14.8. The lowest BCUT2D eigenvalue weighted by atomic mass is 9.95. The maximum atomic E-state index is 12.5. The second kappa shape index (κ2) is 9.60. The Morgan fingerprint density at radius 1 is 0.805 bits per heavy atom. The number of ether oxygens (including phenoxy) is 1. The third-order valence-corrected chi connectivity index (χ3v) is 8.98. The molecule has 0 unspecified atom stereocenters. The first kappa shape index (κ1) is 26.0. The van der Waals surface area contributed by atoms with Crippen LogP contribution in [0.4, 0.5) is 16.4 Å². The number of piperazine rings is 1. The molecule has 2 aliphatic heterocycles. The molecule has 2 spiro atoms. The summed E-state index contributed by atoms with van der Waals surface area (Å²) in [5.74, 6) is 2.05. The number of nitrogens with one attached hydrogen (secondary N) is 2. The van der Waals surface area contributed by atoms with Crippen molar-refractivity contribution in [2.45, 2.75) is 70.4 Å². The van der Waals surface area contributed by atoms with Crippen molar-refractivity contribution in [2.24, 2.45) is 5.41 Å². The number of hydrogen-bond acceptors (Lipinski definition) is 8. The van der Waals surface area contributed by atoms with E-state index in [4.69, 9.17) is 4.74 Å². The largest absolute Gasteiger partial charge is 0.444 e. The summed E-state index contributed by atoms with van der Waals surface area (Å²) in [5.41, 5.74) is 1.86. The molecular formula is C30H39N9O2. The molecule has 2 saturated carbocycles. The van der Waals surface area contributed by atoms with Crippen LogP contribution >= 0.6 is 0 Å². The Bertz CT molecular complexity index is 1560.